The van der Waals surface area contributed by atoms with Crippen molar-refractivity contribution < 1.29 is 19.1 Å². The molecular formula is C20H22N2O4. The molecule has 26 heavy (non-hydrogen) atoms. The summed E-state index contributed by atoms with van der Waals surface area (Å²) in [5, 5.41) is 5.68. The van der Waals surface area contributed by atoms with Crippen LogP contribution in [0, 0.1) is 0 Å². The molecule has 3 rings (SSSR count). The average molecular weight is 354 g/mol. The van der Waals surface area contributed by atoms with E-state index in [9.17, 15) is 9.59 Å². The highest BCUT2D eigenvalue weighted by atomic mass is 16.5. The number of carbonyl (C=O) groups excluding carboxylic acids is 2. The summed E-state index contributed by atoms with van der Waals surface area (Å²) in [6.45, 7) is 1.25. The lowest BCUT2D eigenvalue weighted by molar-refractivity contribution is 0.0857. The van der Waals surface area contributed by atoms with Crippen LogP contribution in [0.5, 0.6) is 5.75 Å². The van der Waals surface area contributed by atoms with E-state index in [2.05, 4.69) is 10.6 Å². The molecule has 0 saturated carbocycles. The van der Waals surface area contributed by atoms with Crippen LogP contribution in [-0.2, 0) is 4.74 Å². The third kappa shape index (κ3) is 4.40. The predicted molar refractivity (Wildman–Crippen MR) is 98.7 cm³/mol. The highest BCUT2D eigenvalue weighted by Crippen LogP contribution is 2.20. The van der Waals surface area contributed by atoms with Gasteiger partial charge in [-0.3, -0.25) is 9.59 Å². The van der Waals surface area contributed by atoms with Gasteiger partial charge in [-0.2, -0.15) is 0 Å². The molecular weight excluding hydrogens is 332 g/mol. The summed E-state index contributed by atoms with van der Waals surface area (Å²) < 4.78 is 10.7. The van der Waals surface area contributed by atoms with Crippen molar-refractivity contribution in [2.75, 3.05) is 25.6 Å². The van der Waals surface area contributed by atoms with Crippen LogP contribution in [0.1, 0.15) is 33.6 Å². The van der Waals surface area contributed by atoms with E-state index in [0.717, 1.165) is 19.4 Å². The van der Waals surface area contributed by atoms with Gasteiger partial charge < -0.3 is 20.1 Å². The zero-order valence-electron chi connectivity index (χ0n) is 14.7. The van der Waals surface area contributed by atoms with Crippen LogP contribution in [0.25, 0.3) is 0 Å². The molecule has 1 unspecified atom stereocenters. The van der Waals surface area contributed by atoms with Crippen molar-refractivity contribution in [1.82, 2.24) is 5.32 Å². The molecule has 1 heterocycles. The number of anilines is 1. The van der Waals surface area contributed by atoms with Crippen molar-refractivity contribution in [3.63, 3.8) is 0 Å². The standard InChI is InChI=1S/C20H22N2O4/c1-25-18-10-3-2-9-17(18)20(24)22-15-7-4-6-14(12-15)19(23)21-13-16-8-5-11-26-16/h2-4,6-7,9-10,12,16H,5,8,11,13H2,1H3,(H,21,23)(H,22,24). The maximum atomic E-state index is 12.5. The Balaban J connectivity index is 1.64. The molecule has 2 amide bonds. The Morgan fingerprint density at radius 3 is 2.77 bits per heavy atom. The predicted octanol–water partition coefficient (Wildman–Crippen LogP) is 2.86. The second-order valence-electron chi connectivity index (χ2n) is 6.08. The van der Waals surface area contributed by atoms with Gasteiger partial charge in [-0.25, -0.2) is 0 Å². The van der Waals surface area contributed by atoms with Gasteiger partial charge in [0.1, 0.15) is 5.75 Å². The van der Waals surface area contributed by atoms with Gasteiger partial charge in [0.15, 0.2) is 0 Å². The first kappa shape index (κ1) is 17.9. The van der Waals surface area contributed by atoms with E-state index >= 15 is 0 Å². The van der Waals surface area contributed by atoms with Crippen molar-refractivity contribution in [2.45, 2.75) is 18.9 Å². The average Bonchev–Trinajstić information content (AvgIpc) is 3.20. The molecule has 2 aromatic carbocycles. The molecule has 2 N–H and O–H groups in total. The molecule has 0 bridgehead atoms. The van der Waals surface area contributed by atoms with Crippen LogP contribution in [0.15, 0.2) is 48.5 Å². The zero-order chi connectivity index (χ0) is 18.4. The summed E-state index contributed by atoms with van der Waals surface area (Å²) in [6, 6.07) is 13.8. The fraction of sp³-hybridized carbons (Fsp3) is 0.300. The van der Waals surface area contributed by atoms with Crippen LogP contribution in [0.4, 0.5) is 5.69 Å². The van der Waals surface area contributed by atoms with E-state index < -0.39 is 0 Å². The summed E-state index contributed by atoms with van der Waals surface area (Å²) in [7, 11) is 1.52. The second-order valence-corrected chi connectivity index (χ2v) is 6.08. The van der Waals surface area contributed by atoms with Gasteiger partial charge in [0.2, 0.25) is 0 Å². The highest BCUT2D eigenvalue weighted by molar-refractivity contribution is 6.06. The Bertz CT molecular complexity index is 785. The summed E-state index contributed by atoms with van der Waals surface area (Å²) in [5.41, 5.74) is 1.47. The third-order valence-corrected chi connectivity index (χ3v) is 4.25. The van der Waals surface area contributed by atoms with Gasteiger partial charge >= 0.3 is 0 Å². The number of ether oxygens (including phenoxy) is 2. The van der Waals surface area contributed by atoms with Gasteiger partial charge in [0.25, 0.3) is 11.8 Å². The fourth-order valence-corrected chi connectivity index (χ4v) is 2.88. The summed E-state index contributed by atoms with van der Waals surface area (Å²) in [6.07, 6.45) is 2.09. The Morgan fingerprint density at radius 2 is 2.00 bits per heavy atom. The second kappa shape index (κ2) is 8.49. The smallest absolute Gasteiger partial charge is 0.259 e. The SMILES string of the molecule is COc1ccccc1C(=O)Nc1cccc(C(=O)NCC2CCCO2)c1. The van der Waals surface area contributed by atoms with E-state index in [1.807, 2.05) is 0 Å². The Labute approximate surface area is 152 Å². The molecule has 0 spiro atoms. The number of carbonyl (C=O) groups is 2. The van der Waals surface area contributed by atoms with Crippen molar-refractivity contribution in [1.29, 1.82) is 0 Å². The van der Waals surface area contributed by atoms with Gasteiger partial charge in [-0.15, -0.1) is 0 Å². The fourth-order valence-electron chi connectivity index (χ4n) is 2.88. The molecule has 6 nitrogen and oxygen atoms in total. The largest absolute Gasteiger partial charge is 0.496 e. The molecule has 1 aliphatic heterocycles. The van der Waals surface area contributed by atoms with Gasteiger partial charge in [-0.05, 0) is 43.2 Å². The van der Waals surface area contributed by atoms with Crippen LogP contribution in [0.2, 0.25) is 0 Å². The molecule has 1 saturated heterocycles. The molecule has 2 aromatic rings. The number of para-hydroxylation sites is 1. The number of nitrogens with one attached hydrogen (secondary N) is 2. The molecule has 0 aromatic heterocycles. The van der Waals surface area contributed by atoms with Crippen molar-refractivity contribution in [3.8, 4) is 5.75 Å². The van der Waals surface area contributed by atoms with E-state index in [-0.39, 0.29) is 17.9 Å². The Morgan fingerprint density at radius 1 is 1.15 bits per heavy atom. The highest BCUT2D eigenvalue weighted by Gasteiger charge is 2.17. The number of methoxy groups -OCH3 is 1. The number of hydrogen-bond acceptors (Lipinski definition) is 4. The molecule has 1 atom stereocenters. The van der Waals surface area contributed by atoms with Gasteiger partial charge in [-0.1, -0.05) is 18.2 Å². The Hall–Kier alpha value is -2.86. The molecule has 1 aliphatic rings. The molecule has 0 aliphatic carbocycles. The van der Waals surface area contributed by atoms with Crippen molar-refractivity contribution in [3.05, 3.63) is 59.7 Å². The monoisotopic (exact) mass is 354 g/mol. The molecule has 1 fully saturated rings. The number of hydrogen-bond donors (Lipinski definition) is 2. The van der Waals surface area contributed by atoms with E-state index in [0.29, 0.717) is 29.1 Å². The quantitative estimate of drug-likeness (QED) is 0.836. The van der Waals surface area contributed by atoms with Crippen LogP contribution in [0.3, 0.4) is 0 Å². The van der Waals surface area contributed by atoms with Crippen molar-refractivity contribution in [2.24, 2.45) is 0 Å². The number of rotatable bonds is 6. The van der Waals surface area contributed by atoms with Crippen LogP contribution >= 0.6 is 0 Å². The van der Waals surface area contributed by atoms with E-state index in [4.69, 9.17) is 9.47 Å². The molecule has 0 radical (unpaired) electrons. The van der Waals surface area contributed by atoms with Crippen LogP contribution in [-0.4, -0.2) is 38.2 Å². The van der Waals surface area contributed by atoms with E-state index in [1.54, 1.807) is 48.5 Å². The zero-order valence-corrected chi connectivity index (χ0v) is 14.7. The minimum atomic E-state index is -0.292. The minimum absolute atomic E-state index is 0.0902. The topological polar surface area (TPSA) is 76.7 Å². The summed E-state index contributed by atoms with van der Waals surface area (Å²) in [4.78, 5) is 24.8. The summed E-state index contributed by atoms with van der Waals surface area (Å²) in [5.74, 6) is 0.0173. The first-order chi connectivity index (χ1) is 12.7. The maximum Gasteiger partial charge on any atom is 0.259 e. The maximum absolute atomic E-state index is 12.5. The molecule has 136 valence electrons. The third-order valence-electron chi connectivity index (χ3n) is 4.25. The van der Waals surface area contributed by atoms with Gasteiger partial charge in [0.05, 0.1) is 18.8 Å². The first-order valence-corrected chi connectivity index (χ1v) is 8.61. The minimum Gasteiger partial charge on any atom is -0.496 e. The van der Waals surface area contributed by atoms with Crippen molar-refractivity contribution >= 4 is 17.5 Å². The number of benzene rings is 2. The Kier molecular flexibility index (Phi) is 5.86. The first-order valence-electron chi connectivity index (χ1n) is 8.61. The van der Waals surface area contributed by atoms with E-state index in [1.165, 1.54) is 7.11 Å². The lowest BCUT2D eigenvalue weighted by Crippen LogP contribution is -2.31. The van der Waals surface area contributed by atoms with Gasteiger partial charge in [0, 0.05) is 24.4 Å². The lowest BCUT2D eigenvalue weighted by Gasteiger charge is -2.12. The van der Waals surface area contributed by atoms with Crippen LogP contribution < -0.4 is 15.4 Å². The normalized spacial score (nSPS) is 16.1. The lowest BCUT2D eigenvalue weighted by atomic mass is 10.1. The number of amides is 2. The molecule has 6 heteroatoms. The summed E-state index contributed by atoms with van der Waals surface area (Å²) >= 11 is 0.